The Morgan fingerprint density at radius 2 is 2.39 bits per heavy atom. The third-order valence-corrected chi connectivity index (χ3v) is 3.26. The molecule has 0 saturated heterocycles. The third-order valence-electron chi connectivity index (χ3n) is 2.41. The van der Waals surface area contributed by atoms with Crippen molar-refractivity contribution in [3.8, 4) is 0 Å². The Bertz CT molecular complexity index is 554. The number of carboxylic acids is 1. The van der Waals surface area contributed by atoms with Gasteiger partial charge in [-0.15, -0.1) is 11.3 Å². The molecule has 2 aromatic rings. The third kappa shape index (κ3) is 3.27. The molecule has 18 heavy (non-hydrogen) atoms. The van der Waals surface area contributed by atoms with Crippen LogP contribution in [0.5, 0.6) is 0 Å². The lowest BCUT2D eigenvalue weighted by Gasteiger charge is -2.04. The summed E-state index contributed by atoms with van der Waals surface area (Å²) in [4.78, 5) is 19.0. The average molecular weight is 263 g/mol. The summed E-state index contributed by atoms with van der Waals surface area (Å²) < 4.78 is 0. The van der Waals surface area contributed by atoms with Crippen molar-refractivity contribution in [2.75, 3.05) is 5.32 Å². The van der Waals surface area contributed by atoms with Gasteiger partial charge in [0, 0.05) is 11.6 Å². The second kappa shape index (κ2) is 5.59. The minimum Gasteiger partial charge on any atom is -0.481 e. The van der Waals surface area contributed by atoms with Crippen molar-refractivity contribution in [2.45, 2.75) is 19.9 Å². The van der Waals surface area contributed by atoms with Gasteiger partial charge in [0.25, 0.3) is 0 Å². The molecule has 2 heterocycles. The lowest BCUT2D eigenvalue weighted by Crippen LogP contribution is -2.04. The van der Waals surface area contributed by atoms with Gasteiger partial charge < -0.3 is 10.4 Å². The van der Waals surface area contributed by atoms with Crippen molar-refractivity contribution in [2.24, 2.45) is 0 Å². The molecule has 0 unspecified atom stereocenters. The molecule has 0 aliphatic heterocycles. The summed E-state index contributed by atoms with van der Waals surface area (Å²) in [7, 11) is 0. The predicted molar refractivity (Wildman–Crippen MR) is 69.8 cm³/mol. The number of nitrogens with one attached hydrogen (secondary N) is 1. The molecule has 2 aromatic heterocycles. The minimum atomic E-state index is -0.868. The van der Waals surface area contributed by atoms with Gasteiger partial charge in [0.15, 0.2) is 5.13 Å². The summed E-state index contributed by atoms with van der Waals surface area (Å²) in [5.41, 5.74) is 2.66. The van der Waals surface area contributed by atoms with Gasteiger partial charge in [0.05, 0.1) is 24.4 Å². The Hall–Kier alpha value is -1.95. The fourth-order valence-corrected chi connectivity index (χ4v) is 2.20. The van der Waals surface area contributed by atoms with Gasteiger partial charge in [-0.3, -0.25) is 9.78 Å². The normalized spacial score (nSPS) is 10.3. The standard InChI is InChI=1S/C12H13N3O2S/c1-8-3-2-4-13-10(8)6-14-12-15-9(7-18-12)5-11(16)17/h2-4,7H,5-6H2,1H3,(H,14,15)(H,16,17). The van der Waals surface area contributed by atoms with Crippen LogP contribution in [0.15, 0.2) is 23.7 Å². The van der Waals surface area contributed by atoms with Crippen LogP contribution in [0.2, 0.25) is 0 Å². The zero-order chi connectivity index (χ0) is 13.0. The van der Waals surface area contributed by atoms with E-state index in [4.69, 9.17) is 5.11 Å². The molecule has 0 atom stereocenters. The molecular weight excluding hydrogens is 250 g/mol. The molecule has 0 aliphatic rings. The molecule has 2 rings (SSSR count). The first-order valence-electron chi connectivity index (χ1n) is 5.45. The van der Waals surface area contributed by atoms with Crippen LogP contribution in [0.1, 0.15) is 17.0 Å². The highest BCUT2D eigenvalue weighted by atomic mass is 32.1. The lowest BCUT2D eigenvalue weighted by atomic mass is 10.2. The van der Waals surface area contributed by atoms with Crippen LogP contribution >= 0.6 is 11.3 Å². The van der Waals surface area contributed by atoms with Crippen molar-refractivity contribution in [1.29, 1.82) is 0 Å². The van der Waals surface area contributed by atoms with Crippen LogP contribution in [0.3, 0.4) is 0 Å². The molecule has 0 fully saturated rings. The number of thiazole rings is 1. The van der Waals surface area contributed by atoms with Gasteiger partial charge in [-0.05, 0) is 18.6 Å². The van der Waals surface area contributed by atoms with Crippen molar-refractivity contribution in [3.63, 3.8) is 0 Å². The highest BCUT2D eigenvalue weighted by molar-refractivity contribution is 7.13. The van der Waals surface area contributed by atoms with Crippen LogP contribution in [0.4, 0.5) is 5.13 Å². The van der Waals surface area contributed by atoms with Gasteiger partial charge in [-0.2, -0.15) is 0 Å². The number of rotatable bonds is 5. The SMILES string of the molecule is Cc1cccnc1CNc1nc(CC(=O)O)cs1. The fraction of sp³-hybridized carbons (Fsp3) is 0.250. The van der Waals surface area contributed by atoms with Crippen molar-refractivity contribution in [1.82, 2.24) is 9.97 Å². The van der Waals surface area contributed by atoms with Gasteiger partial charge in [-0.25, -0.2) is 4.98 Å². The molecule has 5 nitrogen and oxygen atoms in total. The zero-order valence-corrected chi connectivity index (χ0v) is 10.7. The summed E-state index contributed by atoms with van der Waals surface area (Å²) in [6.45, 7) is 2.59. The molecule has 0 amide bonds. The number of carbonyl (C=O) groups is 1. The van der Waals surface area contributed by atoms with Crippen LogP contribution in [-0.2, 0) is 17.8 Å². The maximum absolute atomic E-state index is 10.5. The highest BCUT2D eigenvalue weighted by Crippen LogP contribution is 2.17. The summed E-state index contributed by atoms with van der Waals surface area (Å²) >= 11 is 1.40. The van der Waals surface area contributed by atoms with Crippen LogP contribution in [0, 0.1) is 6.92 Å². The molecule has 0 aliphatic carbocycles. The van der Waals surface area contributed by atoms with Crippen molar-refractivity contribution >= 4 is 22.4 Å². The van der Waals surface area contributed by atoms with E-state index >= 15 is 0 Å². The van der Waals surface area contributed by atoms with Crippen molar-refractivity contribution in [3.05, 3.63) is 40.7 Å². The van der Waals surface area contributed by atoms with Gasteiger partial charge >= 0.3 is 5.97 Å². The van der Waals surface area contributed by atoms with E-state index in [-0.39, 0.29) is 6.42 Å². The highest BCUT2D eigenvalue weighted by Gasteiger charge is 2.06. The summed E-state index contributed by atoms with van der Waals surface area (Å²) in [6, 6.07) is 3.90. The van der Waals surface area contributed by atoms with Crippen molar-refractivity contribution < 1.29 is 9.90 Å². The number of aryl methyl sites for hydroxylation is 1. The molecule has 0 radical (unpaired) electrons. The Labute approximate surface area is 109 Å². The Kier molecular flexibility index (Phi) is 3.88. The first-order chi connectivity index (χ1) is 8.65. The molecule has 0 saturated carbocycles. The monoisotopic (exact) mass is 263 g/mol. The minimum absolute atomic E-state index is 0.0409. The number of hydrogen-bond donors (Lipinski definition) is 2. The second-order valence-electron chi connectivity index (χ2n) is 3.84. The number of carboxylic acid groups (broad SMARTS) is 1. The molecule has 0 bridgehead atoms. The quantitative estimate of drug-likeness (QED) is 0.864. The second-order valence-corrected chi connectivity index (χ2v) is 4.69. The summed E-state index contributed by atoms with van der Waals surface area (Å²) in [6.07, 6.45) is 1.71. The molecule has 2 N–H and O–H groups in total. The van der Waals surface area contributed by atoms with Gasteiger partial charge in [0.2, 0.25) is 0 Å². The Morgan fingerprint density at radius 1 is 1.56 bits per heavy atom. The largest absolute Gasteiger partial charge is 0.481 e. The zero-order valence-electron chi connectivity index (χ0n) is 9.88. The maximum Gasteiger partial charge on any atom is 0.309 e. The maximum atomic E-state index is 10.5. The Morgan fingerprint density at radius 3 is 3.11 bits per heavy atom. The van der Waals surface area contributed by atoms with E-state index in [1.165, 1.54) is 11.3 Å². The first kappa shape index (κ1) is 12.5. The van der Waals surface area contributed by atoms with E-state index in [1.807, 2.05) is 19.1 Å². The molecule has 6 heteroatoms. The number of nitrogens with zero attached hydrogens (tertiary/aromatic N) is 2. The van der Waals surface area contributed by atoms with Crippen LogP contribution in [0.25, 0.3) is 0 Å². The Balaban J connectivity index is 1.96. The van der Waals surface area contributed by atoms with E-state index in [0.717, 1.165) is 16.4 Å². The van der Waals surface area contributed by atoms with Crippen LogP contribution in [-0.4, -0.2) is 21.0 Å². The molecule has 0 spiro atoms. The average Bonchev–Trinajstić information content (AvgIpc) is 2.75. The molecular formula is C12H13N3O2S. The number of anilines is 1. The molecule has 94 valence electrons. The first-order valence-corrected chi connectivity index (χ1v) is 6.33. The van der Waals surface area contributed by atoms with E-state index < -0.39 is 5.97 Å². The van der Waals surface area contributed by atoms with Gasteiger partial charge in [-0.1, -0.05) is 6.07 Å². The number of aliphatic carboxylic acids is 1. The number of aromatic nitrogens is 2. The number of hydrogen-bond acceptors (Lipinski definition) is 5. The predicted octanol–water partition coefficient (Wildman–Crippen LogP) is 2.09. The molecule has 0 aromatic carbocycles. The van der Waals surface area contributed by atoms with E-state index in [2.05, 4.69) is 15.3 Å². The smallest absolute Gasteiger partial charge is 0.309 e. The lowest BCUT2D eigenvalue weighted by molar-refractivity contribution is -0.136. The van der Waals surface area contributed by atoms with E-state index in [1.54, 1.807) is 11.6 Å². The van der Waals surface area contributed by atoms with Crippen LogP contribution < -0.4 is 5.32 Å². The van der Waals surface area contributed by atoms with E-state index in [9.17, 15) is 4.79 Å². The summed E-state index contributed by atoms with van der Waals surface area (Å²) in [5.74, 6) is -0.868. The van der Waals surface area contributed by atoms with Gasteiger partial charge in [0.1, 0.15) is 0 Å². The number of pyridine rings is 1. The van der Waals surface area contributed by atoms with E-state index in [0.29, 0.717) is 12.2 Å². The summed E-state index contributed by atoms with van der Waals surface area (Å²) in [5, 5.41) is 14.3. The fourth-order valence-electron chi connectivity index (χ4n) is 1.49. The topological polar surface area (TPSA) is 75.1 Å².